The Morgan fingerprint density at radius 1 is 1.21 bits per heavy atom. The molecule has 0 saturated heterocycles. The van der Waals surface area contributed by atoms with Crippen LogP contribution >= 0.6 is 0 Å². The molecule has 0 spiro atoms. The Morgan fingerprint density at radius 3 is 2.79 bits per heavy atom. The van der Waals surface area contributed by atoms with Crippen LogP contribution in [0.1, 0.15) is 11.1 Å². The van der Waals surface area contributed by atoms with E-state index in [1.54, 1.807) is 19.4 Å². The van der Waals surface area contributed by atoms with E-state index in [9.17, 15) is 0 Å². The quantitative estimate of drug-likeness (QED) is 0.637. The summed E-state index contributed by atoms with van der Waals surface area (Å²) in [5.74, 6) is 0. The van der Waals surface area contributed by atoms with Crippen LogP contribution in [0, 0.1) is 6.92 Å². The van der Waals surface area contributed by atoms with Crippen LogP contribution in [-0.2, 0) is 0 Å². The molecule has 0 saturated carbocycles. The third kappa shape index (κ3) is 1.37. The molecule has 3 heteroatoms. The molecule has 3 nitrogen and oxygen atoms in total. The van der Waals surface area contributed by atoms with Crippen molar-refractivity contribution in [1.29, 1.82) is 0 Å². The van der Waals surface area contributed by atoms with Gasteiger partial charge in [-0.1, -0.05) is 6.07 Å². The third-order valence-corrected chi connectivity index (χ3v) is 2.16. The first-order valence-corrected chi connectivity index (χ1v) is 4.45. The second-order valence-corrected chi connectivity index (χ2v) is 3.11. The molecular formula is C11H11N3. The van der Waals surface area contributed by atoms with Crippen LogP contribution in [0.15, 0.2) is 29.5 Å². The number of hydrogen-bond donors (Lipinski definition) is 0. The smallest absolute Gasteiger partial charge is 0.0976 e. The molecule has 0 N–H and O–H groups in total. The zero-order chi connectivity index (χ0) is 9.97. The van der Waals surface area contributed by atoms with Crippen molar-refractivity contribution < 1.29 is 0 Å². The van der Waals surface area contributed by atoms with Crippen LogP contribution in [0.25, 0.3) is 11.0 Å². The minimum atomic E-state index is 0.910. The first-order chi connectivity index (χ1) is 6.83. The molecule has 0 unspecified atom stereocenters. The molecule has 0 radical (unpaired) electrons. The highest BCUT2D eigenvalue weighted by molar-refractivity contribution is 5.97. The van der Waals surface area contributed by atoms with Crippen LogP contribution in [-0.4, -0.2) is 23.2 Å². The predicted octanol–water partition coefficient (Wildman–Crippen LogP) is 1.99. The number of benzene rings is 1. The van der Waals surface area contributed by atoms with Gasteiger partial charge in [-0.2, -0.15) is 0 Å². The molecule has 14 heavy (non-hydrogen) atoms. The Bertz CT molecular complexity index is 489. The number of aliphatic imine (C=N–C) groups is 1. The molecule has 1 aromatic heterocycles. The van der Waals surface area contributed by atoms with E-state index >= 15 is 0 Å². The lowest BCUT2D eigenvalue weighted by atomic mass is 10.1. The maximum atomic E-state index is 4.31. The predicted molar refractivity (Wildman–Crippen MR) is 57.8 cm³/mol. The summed E-state index contributed by atoms with van der Waals surface area (Å²) in [7, 11) is 1.76. The van der Waals surface area contributed by atoms with E-state index in [1.807, 2.05) is 25.3 Å². The van der Waals surface area contributed by atoms with E-state index in [0.29, 0.717) is 0 Å². The first kappa shape index (κ1) is 8.81. The van der Waals surface area contributed by atoms with Gasteiger partial charge in [0.25, 0.3) is 0 Å². The third-order valence-electron chi connectivity index (χ3n) is 2.16. The number of aromatic nitrogens is 2. The van der Waals surface area contributed by atoms with Gasteiger partial charge in [0.05, 0.1) is 11.0 Å². The Labute approximate surface area is 82.5 Å². The molecular weight excluding hydrogens is 174 g/mol. The van der Waals surface area contributed by atoms with Gasteiger partial charge in [-0.15, -0.1) is 0 Å². The summed E-state index contributed by atoms with van der Waals surface area (Å²) in [5, 5.41) is 0. The lowest BCUT2D eigenvalue weighted by Gasteiger charge is -2.03. The van der Waals surface area contributed by atoms with Crippen molar-refractivity contribution in [3.8, 4) is 0 Å². The highest BCUT2D eigenvalue weighted by atomic mass is 14.8. The van der Waals surface area contributed by atoms with Crippen molar-refractivity contribution in [3.05, 3.63) is 35.7 Å². The van der Waals surface area contributed by atoms with Gasteiger partial charge in [-0.05, 0) is 18.6 Å². The Balaban J connectivity index is 2.82. The molecule has 1 aromatic carbocycles. The Kier molecular flexibility index (Phi) is 2.23. The molecule has 0 amide bonds. The van der Waals surface area contributed by atoms with E-state index in [-0.39, 0.29) is 0 Å². The normalized spacial score (nSPS) is 11.3. The fourth-order valence-electron chi connectivity index (χ4n) is 1.45. The lowest BCUT2D eigenvalue weighted by molar-refractivity contribution is 1.28. The van der Waals surface area contributed by atoms with Gasteiger partial charge in [-0.3, -0.25) is 15.0 Å². The fourth-order valence-corrected chi connectivity index (χ4v) is 1.45. The molecule has 1 heterocycles. The molecule has 70 valence electrons. The SMILES string of the molecule is CN=Cc1c(C)ccc2nccnc12. The Hall–Kier alpha value is -1.77. The lowest BCUT2D eigenvalue weighted by Crippen LogP contribution is -1.93. The molecule has 0 bridgehead atoms. The maximum absolute atomic E-state index is 4.31. The van der Waals surface area contributed by atoms with Crippen molar-refractivity contribution in [2.75, 3.05) is 7.05 Å². The zero-order valence-corrected chi connectivity index (χ0v) is 8.23. The van der Waals surface area contributed by atoms with Gasteiger partial charge >= 0.3 is 0 Å². The molecule has 2 rings (SSSR count). The van der Waals surface area contributed by atoms with Crippen LogP contribution in [0.3, 0.4) is 0 Å². The highest BCUT2D eigenvalue weighted by Gasteiger charge is 2.03. The van der Waals surface area contributed by atoms with Crippen molar-refractivity contribution in [3.63, 3.8) is 0 Å². The van der Waals surface area contributed by atoms with Gasteiger partial charge in [0.2, 0.25) is 0 Å². The summed E-state index contributed by atoms with van der Waals surface area (Å²) in [5.41, 5.74) is 4.05. The van der Waals surface area contributed by atoms with Gasteiger partial charge in [0, 0.05) is 31.2 Å². The van der Waals surface area contributed by atoms with Gasteiger partial charge in [0.1, 0.15) is 0 Å². The second-order valence-electron chi connectivity index (χ2n) is 3.11. The minimum absolute atomic E-state index is 0.910. The average molecular weight is 185 g/mol. The Morgan fingerprint density at radius 2 is 2.00 bits per heavy atom. The standard InChI is InChI=1S/C11H11N3/c1-8-3-4-10-11(9(8)7-12-2)14-6-5-13-10/h3-7H,1-2H3. The van der Waals surface area contributed by atoms with Crippen LogP contribution in [0.2, 0.25) is 0 Å². The summed E-state index contributed by atoms with van der Waals surface area (Å²) in [4.78, 5) is 12.6. The van der Waals surface area contributed by atoms with Crippen LogP contribution in [0.5, 0.6) is 0 Å². The fraction of sp³-hybridized carbons (Fsp3) is 0.182. The zero-order valence-electron chi connectivity index (χ0n) is 8.23. The maximum Gasteiger partial charge on any atom is 0.0976 e. The van der Waals surface area contributed by atoms with Crippen LogP contribution < -0.4 is 0 Å². The van der Waals surface area contributed by atoms with Gasteiger partial charge < -0.3 is 0 Å². The van der Waals surface area contributed by atoms with Gasteiger partial charge in [0.15, 0.2) is 0 Å². The summed E-state index contributed by atoms with van der Waals surface area (Å²) in [6, 6.07) is 4.01. The number of nitrogens with zero attached hydrogens (tertiary/aromatic N) is 3. The molecule has 0 aliphatic carbocycles. The largest absolute Gasteiger partial charge is 0.296 e. The summed E-state index contributed by atoms with van der Waals surface area (Å²) >= 11 is 0. The van der Waals surface area contributed by atoms with Crippen molar-refractivity contribution in [1.82, 2.24) is 9.97 Å². The number of aryl methyl sites for hydroxylation is 1. The molecule has 0 atom stereocenters. The van der Waals surface area contributed by atoms with Gasteiger partial charge in [-0.25, -0.2) is 0 Å². The molecule has 0 fully saturated rings. The van der Waals surface area contributed by atoms with E-state index in [4.69, 9.17) is 0 Å². The van der Waals surface area contributed by atoms with Crippen molar-refractivity contribution in [2.24, 2.45) is 4.99 Å². The van der Waals surface area contributed by atoms with Crippen molar-refractivity contribution >= 4 is 17.2 Å². The number of hydrogen-bond acceptors (Lipinski definition) is 3. The minimum Gasteiger partial charge on any atom is -0.296 e. The summed E-state index contributed by atoms with van der Waals surface area (Å²) < 4.78 is 0. The van der Waals surface area contributed by atoms with E-state index in [1.165, 1.54) is 5.56 Å². The molecule has 0 aliphatic heterocycles. The first-order valence-electron chi connectivity index (χ1n) is 4.45. The number of rotatable bonds is 1. The number of fused-ring (bicyclic) bond motifs is 1. The average Bonchev–Trinajstić information content (AvgIpc) is 2.23. The van der Waals surface area contributed by atoms with Crippen LogP contribution in [0.4, 0.5) is 0 Å². The monoisotopic (exact) mass is 185 g/mol. The highest BCUT2D eigenvalue weighted by Crippen LogP contribution is 2.16. The van der Waals surface area contributed by atoms with E-state index < -0.39 is 0 Å². The van der Waals surface area contributed by atoms with E-state index in [0.717, 1.165) is 16.6 Å². The molecule has 0 aliphatic rings. The topological polar surface area (TPSA) is 38.1 Å². The second kappa shape index (κ2) is 3.54. The van der Waals surface area contributed by atoms with E-state index in [2.05, 4.69) is 15.0 Å². The molecule has 2 aromatic rings. The summed E-state index contributed by atoms with van der Waals surface area (Å²) in [6.45, 7) is 2.05. The van der Waals surface area contributed by atoms with Crippen molar-refractivity contribution in [2.45, 2.75) is 6.92 Å². The summed E-state index contributed by atoms with van der Waals surface area (Å²) in [6.07, 6.45) is 5.23.